The van der Waals surface area contributed by atoms with Crippen LogP contribution in [-0.4, -0.2) is 147 Å². The van der Waals surface area contributed by atoms with E-state index < -0.39 is 23.7 Å². The van der Waals surface area contributed by atoms with Crippen molar-refractivity contribution in [2.45, 2.75) is 159 Å². The Balaban J connectivity index is 0.715. The van der Waals surface area contributed by atoms with Crippen molar-refractivity contribution in [2.24, 2.45) is 23.2 Å². The van der Waals surface area contributed by atoms with Crippen molar-refractivity contribution in [2.75, 3.05) is 52.1 Å². The second-order valence-electron chi connectivity index (χ2n) is 22.4. The highest BCUT2D eigenvalue weighted by atomic mass is 19.4. The van der Waals surface area contributed by atoms with Crippen LogP contribution in [0, 0.1) is 23.2 Å². The molecule has 9 rings (SSSR count). The maximum Gasteiger partial charge on any atom is 0.416 e. The lowest BCUT2D eigenvalue weighted by molar-refractivity contribution is -0.137. The fourth-order valence-corrected chi connectivity index (χ4v) is 13.1. The summed E-state index contributed by atoms with van der Waals surface area (Å²) in [5.74, 6) is -0.656. The summed E-state index contributed by atoms with van der Waals surface area (Å²) in [6.45, 7) is 7.95. The molecule has 396 valence electrons. The molecule has 6 atom stereocenters. The number of aromatic nitrogens is 3. The van der Waals surface area contributed by atoms with E-state index in [0.717, 1.165) is 95.1 Å². The minimum atomic E-state index is -4.54. The maximum absolute atomic E-state index is 14.2. The fraction of sp³-hybridized carbons (Fsp3) is 0.667. The summed E-state index contributed by atoms with van der Waals surface area (Å²) < 4.78 is 40.9. The molecule has 0 unspecified atom stereocenters. The van der Waals surface area contributed by atoms with Gasteiger partial charge in [-0.3, -0.25) is 29.0 Å². The predicted octanol–water partition coefficient (Wildman–Crippen LogP) is 6.09. The number of hydrogen-bond acceptors (Lipinski definition) is 11. The molecule has 1 spiro atoms. The highest BCUT2D eigenvalue weighted by Gasteiger charge is 2.46. The molecule has 0 bridgehead atoms. The molecular formula is C54H74F3N11O5. The molecule has 3 aliphatic carbocycles. The quantitative estimate of drug-likeness (QED) is 0.147. The van der Waals surface area contributed by atoms with Crippen LogP contribution in [0.4, 0.5) is 19.0 Å². The van der Waals surface area contributed by atoms with E-state index in [1.807, 2.05) is 17.0 Å². The third kappa shape index (κ3) is 11.8. The van der Waals surface area contributed by atoms with Crippen LogP contribution in [0.1, 0.15) is 127 Å². The zero-order valence-electron chi connectivity index (χ0n) is 42.8. The van der Waals surface area contributed by atoms with E-state index in [0.29, 0.717) is 56.8 Å². The molecule has 19 heteroatoms. The Morgan fingerprint density at radius 3 is 2.29 bits per heavy atom. The monoisotopic (exact) mass is 1010 g/mol. The van der Waals surface area contributed by atoms with E-state index in [4.69, 9.17) is 0 Å². The van der Waals surface area contributed by atoms with Gasteiger partial charge in [-0.15, -0.1) is 0 Å². The smallest absolute Gasteiger partial charge is 0.358 e. The molecule has 1 aromatic carbocycles. The number of carbonyl (C=O) groups excluding carboxylic acids is 5. The van der Waals surface area contributed by atoms with Crippen LogP contribution >= 0.6 is 0 Å². The average molecular weight is 1010 g/mol. The van der Waals surface area contributed by atoms with Crippen LogP contribution in [0.3, 0.4) is 0 Å². The summed E-state index contributed by atoms with van der Waals surface area (Å²) in [7, 11) is 3.85. The molecule has 73 heavy (non-hydrogen) atoms. The first-order chi connectivity index (χ1) is 35.0. The highest BCUT2D eigenvalue weighted by molar-refractivity contribution is 5.93. The van der Waals surface area contributed by atoms with E-state index in [9.17, 15) is 37.1 Å². The summed E-state index contributed by atoms with van der Waals surface area (Å²) >= 11 is 0. The molecule has 3 aromatic rings. The molecule has 3 saturated carbocycles. The van der Waals surface area contributed by atoms with Gasteiger partial charge in [-0.05, 0) is 159 Å². The van der Waals surface area contributed by atoms with Crippen LogP contribution in [0.15, 0.2) is 49.1 Å². The minimum absolute atomic E-state index is 0.0114. The second kappa shape index (κ2) is 22.2. The third-order valence-corrected chi connectivity index (χ3v) is 17.9. The Morgan fingerprint density at radius 1 is 0.863 bits per heavy atom. The fourth-order valence-electron chi connectivity index (χ4n) is 13.1. The molecule has 2 aromatic heterocycles. The van der Waals surface area contributed by atoms with E-state index in [1.54, 1.807) is 24.3 Å². The first kappa shape index (κ1) is 52.4. The van der Waals surface area contributed by atoms with Crippen molar-refractivity contribution < 1.29 is 37.1 Å². The van der Waals surface area contributed by atoms with Crippen LogP contribution < -0.4 is 21.3 Å². The second-order valence-corrected chi connectivity index (χ2v) is 22.4. The van der Waals surface area contributed by atoms with E-state index in [1.165, 1.54) is 12.4 Å². The number of nitrogens with zero attached hydrogens (tertiary/aromatic N) is 7. The number of amides is 5. The summed E-state index contributed by atoms with van der Waals surface area (Å²) in [4.78, 5) is 88.7. The number of hydrogen-bond donors (Lipinski definition) is 4. The highest BCUT2D eigenvalue weighted by Crippen LogP contribution is 2.47. The Kier molecular flexibility index (Phi) is 15.9. The zero-order chi connectivity index (χ0) is 51.6. The topological polar surface area (TPSA) is 185 Å². The van der Waals surface area contributed by atoms with Crippen LogP contribution in [0.5, 0.6) is 0 Å². The zero-order valence-corrected chi connectivity index (χ0v) is 42.8. The number of fused-ring (bicyclic) bond motifs is 1. The van der Waals surface area contributed by atoms with Gasteiger partial charge < -0.3 is 40.9 Å². The van der Waals surface area contributed by atoms with Crippen molar-refractivity contribution in [1.29, 1.82) is 0 Å². The Bertz CT molecular complexity index is 2450. The van der Waals surface area contributed by atoms with Crippen molar-refractivity contribution in [1.82, 2.24) is 50.5 Å². The van der Waals surface area contributed by atoms with Gasteiger partial charge in [0.05, 0.1) is 35.1 Å². The first-order valence-corrected chi connectivity index (χ1v) is 26.8. The molecule has 3 saturated heterocycles. The van der Waals surface area contributed by atoms with Crippen molar-refractivity contribution in [3.63, 3.8) is 0 Å². The van der Waals surface area contributed by atoms with E-state index in [2.05, 4.69) is 66.9 Å². The summed E-state index contributed by atoms with van der Waals surface area (Å²) in [6.07, 6.45) is 11.8. The molecule has 16 nitrogen and oxygen atoms in total. The standard InChI is InChI=1S/C54H74F3N11O5/c1-33(2)65(3)39-12-14-45(68-24-17-43(52(68)73)63-48-40-28-37(54(55,56)57)9-13-42(40)60-32-61-48)44(29-39)64-50(71)34-7-10-38(11-8-34)62-49(70)35-15-18-53(19-16-35)20-25-67(26-21-53)27-23-59-51(72)41-30-46(69)66(4)47(41)36-6-5-22-58-31-36/h5-6,9,13,22,28,31-35,38-39,41,43-45,47H,7-8,10-12,14-21,23-27,29-30H2,1-4H3,(H,59,72)(H,62,70)(H,64,71)(H,60,61,63)/t34?,38?,39-,41+,43+,44-,45+,47-/m1/s1. The number of likely N-dealkylation sites (tertiary alicyclic amines) is 3. The lowest BCUT2D eigenvalue weighted by Gasteiger charge is -2.46. The van der Waals surface area contributed by atoms with Crippen LogP contribution in [0.25, 0.3) is 10.9 Å². The molecular weight excluding hydrogens is 940 g/mol. The predicted molar refractivity (Wildman–Crippen MR) is 269 cm³/mol. The molecule has 0 radical (unpaired) electrons. The lowest BCUT2D eigenvalue weighted by Crippen LogP contribution is -2.59. The number of carbonyl (C=O) groups is 5. The van der Waals surface area contributed by atoms with Gasteiger partial charge in [0, 0.05) is 80.8 Å². The molecule has 3 aliphatic heterocycles. The Morgan fingerprint density at radius 2 is 1.59 bits per heavy atom. The van der Waals surface area contributed by atoms with Crippen molar-refractivity contribution in [3.8, 4) is 0 Å². The molecule has 4 N–H and O–H groups in total. The van der Waals surface area contributed by atoms with E-state index >= 15 is 0 Å². The SMILES string of the molecule is CC(C)N(C)[C@@H]1CC[C@H](N2CC[C@H](Nc3ncnc4ccc(C(F)(F)F)cc34)C2=O)[C@H](NC(=O)C2CCC(NC(=O)C3CCC4(CC3)CCN(CCNC(=O)[C@H]3CC(=O)N(C)[C@@H]3c3cccnc3)CC4)CC2)C1. The molecule has 5 heterocycles. The first-order valence-electron chi connectivity index (χ1n) is 26.8. The van der Waals surface area contributed by atoms with Gasteiger partial charge in [0.25, 0.3) is 0 Å². The molecule has 5 amide bonds. The minimum Gasteiger partial charge on any atom is -0.358 e. The number of benzene rings is 1. The van der Waals surface area contributed by atoms with Gasteiger partial charge in [0.2, 0.25) is 29.5 Å². The number of halogens is 3. The summed E-state index contributed by atoms with van der Waals surface area (Å²) in [5, 5.41) is 13.2. The van der Waals surface area contributed by atoms with Gasteiger partial charge >= 0.3 is 6.18 Å². The Hall–Kier alpha value is -5.43. The van der Waals surface area contributed by atoms with Gasteiger partial charge in [-0.1, -0.05) is 6.07 Å². The number of rotatable bonds is 14. The van der Waals surface area contributed by atoms with Gasteiger partial charge in [0.1, 0.15) is 18.2 Å². The van der Waals surface area contributed by atoms with Gasteiger partial charge in [-0.25, -0.2) is 9.97 Å². The summed E-state index contributed by atoms with van der Waals surface area (Å²) in [5.41, 5.74) is 0.639. The maximum atomic E-state index is 14.2. The lowest BCUT2D eigenvalue weighted by atomic mass is 9.65. The summed E-state index contributed by atoms with van der Waals surface area (Å²) in [6, 6.07) is 6.08. The van der Waals surface area contributed by atoms with Crippen molar-refractivity contribution in [3.05, 3.63) is 60.2 Å². The number of anilines is 1. The van der Waals surface area contributed by atoms with Gasteiger partial charge in [-0.2, -0.15) is 13.2 Å². The largest absolute Gasteiger partial charge is 0.416 e. The van der Waals surface area contributed by atoms with Gasteiger partial charge in [0.15, 0.2) is 0 Å². The number of piperidine rings is 1. The number of pyridine rings is 1. The number of alkyl halides is 3. The van der Waals surface area contributed by atoms with Crippen molar-refractivity contribution >= 4 is 46.3 Å². The molecule has 6 fully saturated rings. The average Bonchev–Trinajstić information content (AvgIpc) is 3.90. The third-order valence-electron chi connectivity index (χ3n) is 17.9. The van der Waals surface area contributed by atoms with E-state index in [-0.39, 0.29) is 94.6 Å². The normalized spacial score (nSPS) is 28.3. The van der Waals surface area contributed by atoms with Crippen LogP contribution in [-0.2, 0) is 30.1 Å². The molecule has 6 aliphatic rings. The number of nitrogens with one attached hydrogen (secondary N) is 4. The Labute approximate surface area is 426 Å². The van der Waals surface area contributed by atoms with Crippen LogP contribution in [0.2, 0.25) is 0 Å².